The van der Waals surface area contributed by atoms with Gasteiger partial charge in [-0.1, -0.05) is 41.1 Å². The lowest BCUT2D eigenvalue weighted by atomic mass is 10.1. The van der Waals surface area contributed by atoms with Crippen molar-refractivity contribution in [3.05, 3.63) is 64.1 Å². The zero-order valence-electron chi connectivity index (χ0n) is 14.2. The third-order valence-electron chi connectivity index (χ3n) is 3.80. The molecule has 0 aliphatic carbocycles. The van der Waals surface area contributed by atoms with Gasteiger partial charge in [-0.2, -0.15) is 10.1 Å². The fourth-order valence-electron chi connectivity index (χ4n) is 2.56. The number of hydrazone groups is 1. The van der Waals surface area contributed by atoms with Crippen LogP contribution >= 0.6 is 15.9 Å². The second kappa shape index (κ2) is 7.66. The van der Waals surface area contributed by atoms with E-state index in [1.807, 2.05) is 61.5 Å². The molecule has 128 valence electrons. The predicted molar refractivity (Wildman–Crippen MR) is 105 cm³/mol. The lowest BCUT2D eigenvalue weighted by Gasteiger charge is -2.12. The molecule has 0 spiro atoms. The molecule has 0 aromatic heterocycles. The van der Waals surface area contributed by atoms with E-state index in [1.165, 1.54) is 5.01 Å². The number of benzene rings is 2. The number of carbonyl (C=O) groups excluding carboxylic acids is 1. The van der Waals surface area contributed by atoms with Gasteiger partial charge in [0.2, 0.25) is 0 Å². The van der Waals surface area contributed by atoms with Crippen LogP contribution in [0, 0.1) is 0 Å². The molecule has 3 rings (SSSR count). The maximum absolute atomic E-state index is 12.8. The molecule has 0 bridgehead atoms. The largest absolute Gasteiger partial charge is 0.493 e. The fraction of sp³-hybridized carbons (Fsp3) is 0.200. The third kappa shape index (κ3) is 3.82. The molecule has 1 aliphatic heterocycles. The number of carbonyl (C=O) groups is 1. The summed E-state index contributed by atoms with van der Waals surface area (Å²) in [7, 11) is 0. The summed E-state index contributed by atoms with van der Waals surface area (Å²) >= 11 is 3.48. The molecule has 2 aromatic carbocycles. The van der Waals surface area contributed by atoms with Gasteiger partial charge in [-0.25, -0.2) is 0 Å². The van der Waals surface area contributed by atoms with E-state index in [1.54, 1.807) is 0 Å². The SMILES string of the molecule is CCCOc1ccc(Br)cc1/C=C1/C(=O)N(c2ccccc2)N=C1C. The molecular formula is C20H19BrN2O2. The van der Waals surface area contributed by atoms with Gasteiger partial charge in [0, 0.05) is 10.0 Å². The Labute approximate surface area is 155 Å². The van der Waals surface area contributed by atoms with Crippen molar-refractivity contribution < 1.29 is 9.53 Å². The van der Waals surface area contributed by atoms with Crippen molar-refractivity contribution in [3.8, 4) is 5.75 Å². The van der Waals surface area contributed by atoms with Gasteiger partial charge in [0.1, 0.15) is 5.75 Å². The Balaban J connectivity index is 1.96. The zero-order chi connectivity index (χ0) is 17.8. The number of nitrogens with zero attached hydrogens (tertiary/aromatic N) is 2. The summed E-state index contributed by atoms with van der Waals surface area (Å²) in [5.41, 5.74) is 2.88. The van der Waals surface area contributed by atoms with Crippen molar-refractivity contribution >= 4 is 39.3 Å². The van der Waals surface area contributed by atoms with Crippen molar-refractivity contribution in [2.45, 2.75) is 20.3 Å². The first-order valence-corrected chi connectivity index (χ1v) is 8.98. The molecule has 0 saturated heterocycles. The average Bonchev–Trinajstić information content (AvgIpc) is 2.90. The maximum Gasteiger partial charge on any atom is 0.280 e. The van der Waals surface area contributed by atoms with Crippen molar-refractivity contribution in [3.63, 3.8) is 0 Å². The number of hydrogen-bond donors (Lipinski definition) is 0. The highest BCUT2D eigenvalue weighted by atomic mass is 79.9. The first-order chi connectivity index (χ1) is 12.1. The lowest BCUT2D eigenvalue weighted by molar-refractivity contribution is -0.114. The first kappa shape index (κ1) is 17.4. The Bertz CT molecular complexity index is 844. The molecule has 2 aromatic rings. The molecule has 1 aliphatic rings. The van der Waals surface area contributed by atoms with E-state index < -0.39 is 0 Å². The van der Waals surface area contributed by atoms with Gasteiger partial charge < -0.3 is 4.74 Å². The molecular weight excluding hydrogens is 380 g/mol. The summed E-state index contributed by atoms with van der Waals surface area (Å²) in [6.07, 6.45) is 2.77. The monoisotopic (exact) mass is 398 g/mol. The Morgan fingerprint density at radius 1 is 1.20 bits per heavy atom. The summed E-state index contributed by atoms with van der Waals surface area (Å²) < 4.78 is 6.74. The van der Waals surface area contributed by atoms with Crippen LogP contribution in [0.15, 0.2) is 63.7 Å². The van der Waals surface area contributed by atoms with E-state index in [4.69, 9.17) is 4.74 Å². The maximum atomic E-state index is 12.8. The number of para-hydroxylation sites is 1. The molecule has 0 unspecified atom stereocenters. The van der Waals surface area contributed by atoms with Crippen molar-refractivity contribution in [1.82, 2.24) is 0 Å². The number of amides is 1. The molecule has 0 radical (unpaired) electrons. The van der Waals surface area contributed by atoms with E-state index in [9.17, 15) is 4.79 Å². The minimum Gasteiger partial charge on any atom is -0.493 e. The van der Waals surface area contributed by atoms with Gasteiger partial charge in [-0.3, -0.25) is 4.79 Å². The Morgan fingerprint density at radius 2 is 1.96 bits per heavy atom. The highest BCUT2D eigenvalue weighted by Gasteiger charge is 2.28. The molecule has 0 saturated carbocycles. The second-order valence-corrected chi connectivity index (χ2v) is 6.64. The van der Waals surface area contributed by atoms with Crippen LogP contribution in [-0.4, -0.2) is 18.2 Å². The zero-order valence-corrected chi connectivity index (χ0v) is 15.8. The van der Waals surface area contributed by atoms with E-state index >= 15 is 0 Å². The van der Waals surface area contributed by atoms with Crippen LogP contribution in [0.3, 0.4) is 0 Å². The van der Waals surface area contributed by atoms with Gasteiger partial charge >= 0.3 is 0 Å². The Morgan fingerprint density at radius 3 is 2.68 bits per heavy atom. The van der Waals surface area contributed by atoms with Crippen LogP contribution in [0.1, 0.15) is 25.8 Å². The average molecular weight is 399 g/mol. The van der Waals surface area contributed by atoms with Crippen LogP contribution in [0.4, 0.5) is 5.69 Å². The van der Waals surface area contributed by atoms with E-state index in [-0.39, 0.29) is 5.91 Å². The van der Waals surface area contributed by atoms with E-state index in [0.717, 1.165) is 27.9 Å². The number of halogens is 1. The smallest absolute Gasteiger partial charge is 0.280 e. The standard InChI is InChI=1S/C20H19BrN2O2/c1-3-11-25-19-10-9-16(21)12-15(19)13-18-14(2)22-23(20(18)24)17-7-5-4-6-8-17/h4-10,12-13H,3,11H2,1-2H3/b18-13+. The van der Waals surface area contributed by atoms with Gasteiger partial charge in [-0.05, 0) is 49.8 Å². The van der Waals surface area contributed by atoms with Gasteiger partial charge in [-0.15, -0.1) is 0 Å². The van der Waals surface area contributed by atoms with Gasteiger partial charge in [0.25, 0.3) is 5.91 Å². The minimum atomic E-state index is -0.134. The summed E-state index contributed by atoms with van der Waals surface area (Å²) in [5.74, 6) is 0.626. The van der Waals surface area contributed by atoms with Gasteiger partial charge in [0.05, 0.1) is 23.6 Å². The molecule has 4 nitrogen and oxygen atoms in total. The molecule has 1 heterocycles. The van der Waals surface area contributed by atoms with E-state index in [0.29, 0.717) is 17.9 Å². The molecule has 5 heteroatoms. The first-order valence-electron chi connectivity index (χ1n) is 8.19. The normalized spacial score (nSPS) is 15.6. The van der Waals surface area contributed by atoms with Gasteiger partial charge in [0.15, 0.2) is 0 Å². The molecule has 0 fully saturated rings. The van der Waals surface area contributed by atoms with E-state index in [2.05, 4.69) is 28.0 Å². The highest BCUT2D eigenvalue weighted by molar-refractivity contribution is 9.10. The quantitative estimate of drug-likeness (QED) is 0.661. The minimum absolute atomic E-state index is 0.134. The molecule has 1 amide bonds. The number of anilines is 1. The number of hydrogen-bond acceptors (Lipinski definition) is 3. The fourth-order valence-corrected chi connectivity index (χ4v) is 2.94. The van der Waals surface area contributed by atoms with Crippen molar-refractivity contribution in [2.24, 2.45) is 5.10 Å². The van der Waals surface area contributed by atoms with Crippen LogP contribution in [-0.2, 0) is 4.79 Å². The van der Waals surface area contributed by atoms with Crippen LogP contribution in [0.25, 0.3) is 6.08 Å². The molecule has 0 N–H and O–H groups in total. The highest BCUT2D eigenvalue weighted by Crippen LogP contribution is 2.29. The second-order valence-electron chi connectivity index (χ2n) is 5.73. The molecule has 0 atom stereocenters. The van der Waals surface area contributed by atoms with Crippen molar-refractivity contribution in [1.29, 1.82) is 0 Å². The summed E-state index contributed by atoms with van der Waals surface area (Å²) in [6.45, 7) is 4.54. The van der Waals surface area contributed by atoms with Crippen molar-refractivity contribution in [2.75, 3.05) is 11.6 Å². The third-order valence-corrected chi connectivity index (χ3v) is 4.29. The summed E-state index contributed by atoms with van der Waals surface area (Å²) in [4.78, 5) is 12.8. The van der Waals surface area contributed by atoms with Crippen LogP contribution in [0.5, 0.6) is 5.75 Å². The summed E-state index contributed by atoms with van der Waals surface area (Å²) in [6, 6.07) is 15.2. The number of ether oxygens (including phenoxy) is 1. The predicted octanol–water partition coefficient (Wildman–Crippen LogP) is 5.04. The molecule has 25 heavy (non-hydrogen) atoms. The topological polar surface area (TPSA) is 41.9 Å². The Kier molecular flexibility index (Phi) is 5.34. The van der Waals surface area contributed by atoms with Crippen LogP contribution in [0.2, 0.25) is 0 Å². The Hall–Kier alpha value is -2.40. The van der Waals surface area contributed by atoms with Crippen LogP contribution < -0.4 is 9.75 Å². The summed E-state index contributed by atoms with van der Waals surface area (Å²) in [5, 5.41) is 5.85. The lowest BCUT2D eigenvalue weighted by Crippen LogP contribution is -2.21. The number of rotatable bonds is 5.